The molecule has 1 N–H and O–H groups in total. The predicted octanol–water partition coefficient (Wildman–Crippen LogP) is 0.360. The zero-order chi connectivity index (χ0) is 15.3. The predicted molar refractivity (Wildman–Crippen MR) is 67.9 cm³/mol. The first kappa shape index (κ1) is 15.6. The minimum absolute atomic E-state index is 0.116. The average Bonchev–Trinajstić information content (AvgIpc) is 2.75. The SMILES string of the molecule is CC(C)CN(CC(=O)O)C(=O)Cn1cc([N+](=O)[O-])cn1. The maximum atomic E-state index is 12.0. The number of carboxylic acid groups (broad SMARTS) is 1. The van der Waals surface area contributed by atoms with E-state index in [2.05, 4.69) is 5.10 Å². The van der Waals surface area contributed by atoms with Crippen molar-refractivity contribution in [2.75, 3.05) is 13.1 Å². The molecule has 1 amide bonds. The molecule has 0 saturated heterocycles. The normalized spacial score (nSPS) is 10.6. The maximum absolute atomic E-state index is 12.0. The second kappa shape index (κ2) is 6.64. The molecule has 0 saturated carbocycles. The number of aliphatic carboxylic acids is 1. The highest BCUT2D eigenvalue weighted by atomic mass is 16.6. The van der Waals surface area contributed by atoms with Gasteiger partial charge in [-0.3, -0.25) is 24.4 Å². The summed E-state index contributed by atoms with van der Waals surface area (Å²) in [5.41, 5.74) is -0.216. The van der Waals surface area contributed by atoms with Crippen molar-refractivity contribution in [2.24, 2.45) is 5.92 Å². The smallest absolute Gasteiger partial charge is 0.323 e. The fourth-order valence-electron chi connectivity index (χ4n) is 1.63. The van der Waals surface area contributed by atoms with Gasteiger partial charge in [-0.1, -0.05) is 13.8 Å². The first-order valence-electron chi connectivity index (χ1n) is 5.96. The van der Waals surface area contributed by atoms with Crippen molar-refractivity contribution >= 4 is 17.6 Å². The Morgan fingerprint density at radius 1 is 1.55 bits per heavy atom. The molecule has 0 radical (unpaired) electrons. The average molecular weight is 284 g/mol. The van der Waals surface area contributed by atoms with E-state index < -0.39 is 23.3 Å². The van der Waals surface area contributed by atoms with Crippen LogP contribution in [0.25, 0.3) is 0 Å². The van der Waals surface area contributed by atoms with Gasteiger partial charge in [-0.05, 0) is 5.92 Å². The van der Waals surface area contributed by atoms with Crippen molar-refractivity contribution in [3.63, 3.8) is 0 Å². The fourth-order valence-corrected chi connectivity index (χ4v) is 1.63. The van der Waals surface area contributed by atoms with Crippen molar-refractivity contribution in [1.82, 2.24) is 14.7 Å². The summed E-state index contributed by atoms with van der Waals surface area (Å²) in [6.07, 6.45) is 2.17. The molecule has 110 valence electrons. The zero-order valence-corrected chi connectivity index (χ0v) is 11.2. The minimum atomic E-state index is -1.11. The lowest BCUT2D eigenvalue weighted by atomic mass is 10.2. The zero-order valence-electron chi connectivity index (χ0n) is 11.2. The van der Waals surface area contributed by atoms with Crippen LogP contribution in [0.4, 0.5) is 5.69 Å². The Morgan fingerprint density at radius 3 is 2.65 bits per heavy atom. The van der Waals surface area contributed by atoms with Gasteiger partial charge in [0.1, 0.15) is 25.5 Å². The van der Waals surface area contributed by atoms with E-state index in [-0.39, 0.29) is 18.2 Å². The van der Waals surface area contributed by atoms with Gasteiger partial charge in [0.25, 0.3) is 0 Å². The Balaban J connectivity index is 2.73. The second-order valence-corrected chi connectivity index (χ2v) is 4.72. The number of carbonyl (C=O) groups excluding carboxylic acids is 1. The Hall–Kier alpha value is -2.45. The standard InChI is InChI=1S/C11H16N4O5/c1-8(2)4-13(7-11(17)18)10(16)6-14-5-9(3-12-14)15(19)20/h3,5,8H,4,6-7H2,1-2H3,(H,17,18). The number of hydrogen-bond donors (Lipinski definition) is 1. The summed E-state index contributed by atoms with van der Waals surface area (Å²) in [7, 11) is 0. The molecule has 0 unspecified atom stereocenters. The minimum Gasteiger partial charge on any atom is -0.480 e. The molecule has 0 spiro atoms. The van der Waals surface area contributed by atoms with E-state index in [1.807, 2.05) is 13.8 Å². The van der Waals surface area contributed by atoms with Gasteiger partial charge in [0.15, 0.2) is 0 Å². The van der Waals surface area contributed by atoms with Gasteiger partial charge in [0.05, 0.1) is 4.92 Å². The molecule has 1 heterocycles. The van der Waals surface area contributed by atoms with E-state index in [1.165, 1.54) is 4.90 Å². The van der Waals surface area contributed by atoms with Crippen molar-refractivity contribution in [3.8, 4) is 0 Å². The van der Waals surface area contributed by atoms with Crippen LogP contribution in [0.1, 0.15) is 13.8 Å². The van der Waals surface area contributed by atoms with E-state index in [9.17, 15) is 19.7 Å². The third-order valence-electron chi connectivity index (χ3n) is 2.39. The van der Waals surface area contributed by atoms with Crippen molar-refractivity contribution in [1.29, 1.82) is 0 Å². The Kier molecular flexibility index (Phi) is 5.18. The molecular formula is C11H16N4O5. The van der Waals surface area contributed by atoms with E-state index in [0.717, 1.165) is 17.1 Å². The monoisotopic (exact) mass is 284 g/mol. The van der Waals surface area contributed by atoms with Gasteiger partial charge < -0.3 is 10.0 Å². The summed E-state index contributed by atoms with van der Waals surface area (Å²) >= 11 is 0. The number of aromatic nitrogens is 2. The second-order valence-electron chi connectivity index (χ2n) is 4.72. The molecule has 0 fully saturated rings. The fraction of sp³-hybridized carbons (Fsp3) is 0.545. The summed E-state index contributed by atoms with van der Waals surface area (Å²) in [5, 5.41) is 23.0. The lowest BCUT2D eigenvalue weighted by molar-refractivity contribution is -0.385. The van der Waals surface area contributed by atoms with E-state index in [1.54, 1.807) is 0 Å². The first-order valence-corrected chi connectivity index (χ1v) is 5.96. The lowest BCUT2D eigenvalue weighted by Crippen LogP contribution is -2.40. The quantitative estimate of drug-likeness (QED) is 0.570. The van der Waals surface area contributed by atoms with Crippen LogP contribution in [-0.4, -0.2) is 49.7 Å². The summed E-state index contributed by atoms with van der Waals surface area (Å²) in [6, 6.07) is 0. The number of amides is 1. The number of nitro groups is 1. The molecule has 0 atom stereocenters. The molecule has 0 bridgehead atoms. The largest absolute Gasteiger partial charge is 0.480 e. The van der Waals surface area contributed by atoms with E-state index >= 15 is 0 Å². The van der Waals surface area contributed by atoms with Crippen LogP contribution < -0.4 is 0 Å². The summed E-state index contributed by atoms with van der Waals surface area (Å²) in [5.74, 6) is -1.44. The Morgan fingerprint density at radius 2 is 2.20 bits per heavy atom. The topological polar surface area (TPSA) is 119 Å². The van der Waals surface area contributed by atoms with Crippen LogP contribution in [0.3, 0.4) is 0 Å². The molecule has 20 heavy (non-hydrogen) atoms. The van der Waals surface area contributed by atoms with Gasteiger partial charge in [0.2, 0.25) is 5.91 Å². The number of hydrogen-bond acceptors (Lipinski definition) is 5. The molecule has 9 nitrogen and oxygen atoms in total. The molecule has 0 aliphatic rings. The molecule has 1 aromatic heterocycles. The van der Waals surface area contributed by atoms with Gasteiger partial charge in [0, 0.05) is 6.54 Å². The van der Waals surface area contributed by atoms with Crippen LogP contribution in [0, 0.1) is 16.0 Å². The van der Waals surface area contributed by atoms with Crippen LogP contribution in [0.2, 0.25) is 0 Å². The van der Waals surface area contributed by atoms with Crippen molar-refractivity contribution in [3.05, 3.63) is 22.5 Å². The number of carbonyl (C=O) groups is 2. The van der Waals surface area contributed by atoms with Gasteiger partial charge in [-0.2, -0.15) is 5.10 Å². The first-order chi connectivity index (χ1) is 9.29. The van der Waals surface area contributed by atoms with Crippen molar-refractivity contribution in [2.45, 2.75) is 20.4 Å². The van der Waals surface area contributed by atoms with Gasteiger partial charge in [-0.15, -0.1) is 0 Å². The van der Waals surface area contributed by atoms with E-state index in [0.29, 0.717) is 6.54 Å². The molecule has 0 aromatic carbocycles. The molecular weight excluding hydrogens is 268 g/mol. The lowest BCUT2D eigenvalue weighted by Gasteiger charge is -2.22. The summed E-state index contributed by atoms with van der Waals surface area (Å²) in [6.45, 7) is 3.39. The molecule has 1 rings (SSSR count). The van der Waals surface area contributed by atoms with Gasteiger partial charge in [-0.25, -0.2) is 0 Å². The summed E-state index contributed by atoms with van der Waals surface area (Å²) < 4.78 is 1.12. The molecule has 0 aliphatic heterocycles. The Labute approximate surface area is 114 Å². The highest BCUT2D eigenvalue weighted by molar-refractivity contribution is 5.81. The van der Waals surface area contributed by atoms with Crippen LogP contribution in [-0.2, 0) is 16.1 Å². The van der Waals surface area contributed by atoms with Crippen LogP contribution in [0.5, 0.6) is 0 Å². The van der Waals surface area contributed by atoms with Crippen molar-refractivity contribution < 1.29 is 19.6 Å². The molecule has 1 aromatic rings. The maximum Gasteiger partial charge on any atom is 0.323 e. The van der Waals surface area contributed by atoms with Crippen LogP contribution in [0.15, 0.2) is 12.4 Å². The molecule has 0 aliphatic carbocycles. The molecule has 9 heteroatoms. The number of rotatable bonds is 7. The van der Waals surface area contributed by atoms with Crippen LogP contribution >= 0.6 is 0 Å². The number of nitrogens with zero attached hydrogens (tertiary/aromatic N) is 4. The number of carboxylic acids is 1. The van der Waals surface area contributed by atoms with E-state index in [4.69, 9.17) is 5.11 Å². The highest BCUT2D eigenvalue weighted by Crippen LogP contribution is 2.08. The summed E-state index contributed by atoms with van der Waals surface area (Å²) in [4.78, 5) is 33.8. The third kappa shape index (κ3) is 4.67. The third-order valence-corrected chi connectivity index (χ3v) is 2.39. The highest BCUT2D eigenvalue weighted by Gasteiger charge is 2.19. The van der Waals surface area contributed by atoms with Gasteiger partial charge >= 0.3 is 11.7 Å². The Bertz CT molecular complexity index is 511.